The Balaban J connectivity index is 1.80. The average molecular weight is 407 g/mol. The van der Waals surface area contributed by atoms with Crippen LogP contribution in [0.2, 0.25) is 5.02 Å². The van der Waals surface area contributed by atoms with Crippen LogP contribution >= 0.6 is 11.6 Å². The molecule has 4 aromatic rings. The van der Waals surface area contributed by atoms with Gasteiger partial charge in [0.15, 0.2) is 11.5 Å². The SMILES string of the molecule is Cc1cc(C)nc(C(=O)Nc2cnc3c(C)c(C)c(-c4ccccc4Cl)nn23)n1. The van der Waals surface area contributed by atoms with Crippen LogP contribution in [-0.2, 0) is 0 Å². The molecule has 0 aliphatic rings. The monoisotopic (exact) mass is 406 g/mol. The van der Waals surface area contributed by atoms with Gasteiger partial charge in [-0.1, -0.05) is 29.8 Å². The lowest BCUT2D eigenvalue weighted by molar-refractivity contribution is 0.101. The van der Waals surface area contributed by atoms with Gasteiger partial charge in [-0.05, 0) is 51.0 Å². The maximum absolute atomic E-state index is 12.7. The van der Waals surface area contributed by atoms with E-state index < -0.39 is 5.91 Å². The van der Waals surface area contributed by atoms with E-state index in [0.717, 1.165) is 33.8 Å². The zero-order valence-corrected chi connectivity index (χ0v) is 17.2. The average Bonchev–Trinajstić information content (AvgIpc) is 3.07. The van der Waals surface area contributed by atoms with Crippen molar-refractivity contribution in [1.82, 2.24) is 24.6 Å². The number of carbonyl (C=O) groups excluding carboxylic acids is 1. The maximum Gasteiger partial charge on any atom is 0.294 e. The number of amides is 1. The number of hydrogen-bond donors (Lipinski definition) is 1. The molecule has 29 heavy (non-hydrogen) atoms. The summed E-state index contributed by atoms with van der Waals surface area (Å²) >= 11 is 6.39. The van der Waals surface area contributed by atoms with Crippen molar-refractivity contribution in [2.45, 2.75) is 27.7 Å². The molecule has 0 spiro atoms. The minimum Gasteiger partial charge on any atom is -0.302 e. The molecule has 0 aliphatic heterocycles. The standard InChI is InChI=1S/C21H19ClN6O/c1-11-9-12(2)25-19(24-11)21(29)26-17-10-23-20-14(4)13(3)18(27-28(17)20)15-7-5-6-8-16(15)22/h5-10H,1-4H3,(H,26,29). The molecule has 1 N–H and O–H groups in total. The molecular formula is C21H19ClN6O. The molecule has 0 fully saturated rings. The number of anilines is 1. The number of hydrogen-bond acceptors (Lipinski definition) is 5. The lowest BCUT2D eigenvalue weighted by Gasteiger charge is -2.12. The van der Waals surface area contributed by atoms with Crippen molar-refractivity contribution in [3.05, 3.63) is 69.9 Å². The summed E-state index contributed by atoms with van der Waals surface area (Å²) < 4.78 is 1.61. The molecule has 0 radical (unpaired) electrons. The molecule has 3 heterocycles. The van der Waals surface area contributed by atoms with Gasteiger partial charge in [-0.15, -0.1) is 0 Å². The molecule has 3 aromatic heterocycles. The number of aryl methyl sites for hydroxylation is 3. The van der Waals surface area contributed by atoms with Gasteiger partial charge in [0, 0.05) is 17.0 Å². The molecule has 4 rings (SSSR count). The van der Waals surface area contributed by atoms with Crippen LogP contribution < -0.4 is 5.32 Å². The van der Waals surface area contributed by atoms with E-state index in [-0.39, 0.29) is 5.82 Å². The van der Waals surface area contributed by atoms with Crippen molar-refractivity contribution < 1.29 is 4.79 Å². The van der Waals surface area contributed by atoms with Gasteiger partial charge in [-0.3, -0.25) is 4.79 Å². The van der Waals surface area contributed by atoms with Gasteiger partial charge in [0.2, 0.25) is 5.82 Å². The molecule has 0 bridgehead atoms. The van der Waals surface area contributed by atoms with Gasteiger partial charge in [0.1, 0.15) is 0 Å². The Morgan fingerprint density at radius 2 is 1.72 bits per heavy atom. The van der Waals surface area contributed by atoms with E-state index in [0.29, 0.717) is 16.5 Å². The lowest BCUT2D eigenvalue weighted by Crippen LogP contribution is -2.18. The van der Waals surface area contributed by atoms with Crippen molar-refractivity contribution in [2.24, 2.45) is 0 Å². The smallest absolute Gasteiger partial charge is 0.294 e. The summed E-state index contributed by atoms with van der Waals surface area (Å²) in [7, 11) is 0. The highest BCUT2D eigenvalue weighted by atomic mass is 35.5. The second-order valence-corrected chi connectivity index (χ2v) is 7.29. The number of carbonyl (C=O) groups is 1. The van der Waals surface area contributed by atoms with Crippen LogP contribution in [-0.4, -0.2) is 30.5 Å². The lowest BCUT2D eigenvalue weighted by atomic mass is 10.0. The predicted octanol–water partition coefficient (Wildman–Crippen LogP) is 4.33. The van der Waals surface area contributed by atoms with E-state index in [1.807, 2.05) is 58.0 Å². The molecule has 7 nitrogen and oxygen atoms in total. The minimum absolute atomic E-state index is 0.104. The topological polar surface area (TPSA) is 85.1 Å². The summed E-state index contributed by atoms with van der Waals surface area (Å²) in [6, 6.07) is 9.34. The van der Waals surface area contributed by atoms with Crippen molar-refractivity contribution in [3.63, 3.8) is 0 Å². The van der Waals surface area contributed by atoms with Gasteiger partial charge in [-0.25, -0.2) is 15.0 Å². The first-order valence-corrected chi connectivity index (χ1v) is 9.46. The molecular weight excluding hydrogens is 388 g/mol. The Morgan fingerprint density at radius 3 is 2.41 bits per heavy atom. The summed E-state index contributed by atoms with van der Waals surface area (Å²) in [6.07, 6.45) is 1.58. The zero-order valence-electron chi connectivity index (χ0n) is 16.5. The van der Waals surface area contributed by atoms with Crippen LogP contribution in [0.25, 0.3) is 16.9 Å². The maximum atomic E-state index is 12.7. The van der Waals surface area contributed by atoms with Gasteiger partial charge < -0.3 is 5.32 Å². The summed E-state index contributed by atoms with van der Waals surface area (Å²) in [5.41, 5.74) is 5.61. The Morgan fingerprint density at radius 1 is 1.03 bits per heavy atom. The predicted molar refractivity (Wildman–Crippen MR) is 112 cm³/mol. The molecule has 0 atom stereocenters. The highest BCUT2D eigenvalue weighted by Crippen LogP contribution is 2.31. The summed E-state index contributed by atoms with van der Waals surface area (Å²) in [5.74, 6) is 0.120. The van der Waals surface area contributed by atoms with E-state index in [1.54, 1.807) is 10.7 Å². The number of nitrogens with zero attached hydrogens (tertiary/aromatic N) is 5. The number of rotatable bonds is 3. The second-order valence-electron chi connectivity index (χ2n) is 6.89. The largest absolute Gasteiger partial charge is 0.302 e. The third-order valence-corrected chi connectivity index (χ3v) is 5.08. The third-order valence-electron chi connectivity index (χ3n) is 4.75. The number of benzene rings is 1. The number of nitrogens with one attached hydrogen (secondary N) is 1. The van der Waals surface area contributed by atoms with Crippen LogP contribution in [0, 0.1) is 27.7 Å². The number of halogens is 1. The van der Waals surface area contributed by atoms with Gasteiger partial charge >= 0.3 is 0 Å². The molecule has 1 amide bonds. The highest BCUT2D eigenvalue weighted by molar-refractivity contribution is 6.33. The summed E-state index contributed by atoms with van der Waals surface area (Å²) in [4.78, 5) is 25.5. The highest BCUT2D eigenvalue weighted by Gasteiger charge is 2.18. The number of fused-ring (bicyclic) bond motifs is 1. The van der Waals surface area contributed by atoms with Crippen LogP contribution in [0.4, 0.5) is 5.82 Å². The molecule has 1 aromatic carbocycles. The minimum atomic E-state index is -0.419. The van der Waals surface area contributed by atoms with Gasteiger partial charge in [-0.2, -0.15) is 9.61 Å². The van der Waals surface area contributed by atoms with Crippen LogP contribution in [0.15, 0.2) is 36.5 Å². The van der Waals surface area contributed by atoms with Crippen LogP contribution in [0.5, 0.6) is 0 Å². The first-order chi connectivity index (χ1) is 13.8. The van der Waals surface area contributed by atoms with E-state index in [1.165, 1.54) is 0 Å². The van der Waals surface area contributed by atoms with E-state index >= 15 is 0 Å². The van der Waals surface area contributed by atoms with Crippen LogP contribution in [0.1, 0.15) is 33.1 Å². The second kappa shape index (κ2) is 7.25. The van der Waals surface area contributed by atoms with Crippen LogP contribution in [0.3, 0.4) is 0 Å². The fraction of sp³-hybridized carbons (Fsp3) is 0.190. The summed E-state index contributed by atoms with van der Waals surface area (Å²) in [5, 5.41) is 8.15. The molecule has 146 valence electrons. The molecule has 0 aliphatic carbocycles. The van der Waals surface area contributed by atoms with Crippen molar-refractivity contribution >= 4 is 29.0 Å². The van der Waals surface area contributed by atoms with Crippen molar-refractivity contribution in [1.29, 1.82) is 0 Å². The Labute approximate surface area is 172 Å². The fourth-order valence-electron chi connectivity index (χ4n) is 3.22. The molecule has 0 saturated carbocycles. The molecule has 8 heteroatoms. The van der Waals surface area contributed by atoms with E-state index in [9.17, 15) is 4.79 Å². The Hall–Kier alpha value is -3.32. The van der Waals surface area contributed by atoms with E-state index in [4.69, 9.17) is 16.7 Å². The Kier molecular flexibility index (Phi) is 4.76. The quantitative estimate of drug-likeness (QED) is 0.547. The third kappa shape index (κ3) is 3.45. The van der Waals surface area contributed by atoms with Gasteiger partial charge in [0.05, 0.1) is 16.9 Å². The van der Waals surface area contributed by atoms with E-state index in [2.05, 4.69) is 20.3 Å². The van der Waals surface area contributed by atoms with Crippen molar-refractivity contribution in [3.8, 4) is 11.3 Å². The number of aromatic nitrogens is 5. The first-order valence-electron chi connectivity index (χ1n) is 9.08. The molecule has 0 unspecified atom stereocenters. The number of imidazole rings is 1. The zero-order chi connectivity index (χ0) is 20.7. The Bertz CT molecular complexity index is 1240. The van der Waals surface area contributed by atoms with Crippen molar-refractivity contribution in [2.75, 3.05) is 5.32 Å². The van der Waals surface area contributed by atoms with Gasteiger partial charge in [0.25, 0.3) is 5.91 Å². The first kappa shape index (κ1) is 19.0. The normalized spacial score (nSPS) is 11.1. The summed E-state index contributed by atoms with van der Waals surface area (Å²) in [6.45, 7) is 7.60. The molecule has 0 saturated heterocycles. The fourth-order valence-corrected chi connectivity index (χ4v) is 3.44.